The summed E-state index contributed by atoms with van der Waals surface area (Å²) >= 11 is 0. The third-order valence-electron chi connectivity index (χ3n) is 4.38. The molecular weight excluding hydrogens is 372 g/mol. The molecule has 0 aliphatic rings. The number of benzene rings is 2. The van der Waals surface area contributed by atoms with E-state index in [-0.39, 0.29) is 6.61 Å². The minimum Gasteiger partial charge on any atom is -0.484 e. The minimum absolute atomic E-state index is 0.123. The van der Waals surface area contributed by atoms with Crippen molar-refractivity contribution in [3.05, 3.63) is 60.0 Å². The molecule has 1 N–H and O–H groups in total. The predicted molar refractivity (Wildman–Crippen MR) is 107 cm³/mol. The highest BCUT2D eigenvalue weighted by molar-refractivity contribution is 5.76. The average molecular weight is 396 g/mol. The van der Waals surface area contributed by atoms with Gasteiger partial charge in [0, 0.05) is 5.56 Å². The molecule has 0 bridgehead atoms. The van der Waals surface area contributed by atoms with Crippen LogP contribution in [0.5, 0.6) is 11.5 Å². The lowest BCUT2D eigenvalue weighted by Crippen LogP contribution is -2.37. The van der Waals surface area contributed by atoms with E-state index in [4.69, 9.17) is 19.1 Å². The fourth-order valence-electron chi connectivity index (χ4n) is 2.54. The Morgan fingerprint density at radius 1 is 1.07 bits per heavy atom. The summed E-state index contributed by atoms with van der Waals surface area (Å²) in [5.74, 6) is 1.31. The van der Waals surface area contributed by atoms with Crippen LogP contribution in [-0.2, 0) is 11.4 Å². The number of carboxylic acids is 1. The minimum atomic E-state index is -1.31. The first-order valence-corrected chi connectivity index (χ1v) is 9.33. The van der Waals surface area contributed by atoms with E-state index < -0.39 is 11.6 Å². The van der Waals surface area contributed by atoms with Crippen LogP contribution in [0.15, 0.2) is 53.1 Å². The van der Waals surface area contributed by atoms with Gasteiger partial charge in [0.15, 0.2) is 12.2 Å². The van der Waals surface area contributed by atoms with E-state index >= 15 is 0 Å². The molecule has 0 saturated carbocycles. The Labute approximate surface area is 169 Å². The number of rotatable bonds is 8. The molecule has 7 nitrogen and oxygen atoms in total. The zero-order valence-electron chi connectivity index (χ0n) is 16.9. The molecule has 0 radical (unpaired) electrons. The average Bonchev–Trinajstić information content (AvgIpc) is 3.16. The van der Waals surface area contributed by atoms with Gasteiger partial charge in [0.1, 0.15) is 11.5 Å². The van der Waals surface area contributed by atoms with E-state index in [9.17, 15) is 4.79 Å². The topological polar surface area (TPSA) is 94.7 Å². The van der Waals surface area contributed by atoms with Crippen molar-refractivity contribution in [2.24, 2.45) is 0 Å². The van der Waals surface area contributed by atoms with Crippen molar-refractivity contribution in [2.75, 3.05) is 0 Å². The lowest BCUT2D eigenvalue weighted by molar-refractivity contribution is -0.152. The summed E-state index contributed by atoms with van der Waals surface area (Å²) in [7, 11) is 0. The molecule has 7 heteroatoms. The highest BCUT2D eigenvalue weighted by Crippen LogP contribution is 2.24. The van der Waals surface area contributed by atoms with Gasteiger partial charge in [-0.1, -0.05) is 43.3 Å². The van der Waals surface area contributed by atoms with Crippen LogP contribution < -0.4 is 9.47 Å². The first kappa shape index (κ1) is 20.4. The molecule has 0 spiro atoms. The highest BCUT2D eigenvalue weighted by Gasteiger charge is 2.29. The van der Waals surface area contributed by atoms with Crippen LogP contribution >= 0.6 is 0 Å². The van der Waals surface area contributed by atoms with Crippen LogP contribution in [0.2, 0.25) is 0 Å². The SMILES string of the molecule is CC(C)c1ccc(-c2noc(COc3ccc(OC(C)(C)C(=O)O)cc3)n2)cc1. The second-order valence-corrected chi connectivity index (χ2v) is 7.47. The maximum absolute atomic E-state index is 11.1. The third-order valence-corrected chi connectivity index (χ3v) is 4.38. The van der Waals surface area contributed by atoms with E-state index in [1.165, 1.54) is 19.4 Å². The number of aliphatic carboxylic acids is 1. The Kier molecular flexibility index (Phi) is 5.87. The van der Waals surface area contributed by atoms with Crippen LogP contribution in [0.3, 0.4) is 0 Å². The van der Waals surface area contributed by atoms with Gasteiger partial charge in [0.2, 0.25) is 5.82 Å². The Morgan fingerprint density at radius 3 is 2.28 bits per heavy atom. The molecule has 152 valence electrons. The Bertz CT molecular complexity index is 960. The molecule has 0 unspecified atom stereocenters. The van der Waals surface area contributed by atoms with Gasteiger partial charge in [-0.2, -0.15) is 4.98 Å². The van der Waals surface area contributed by atoms with Crippen molar-refractivity contribution in [1.29, 1.82) is 0 Å². The Hall–Kier alpha value is -3.35. The van der Waals surface area contributed by atoms with Crippen LogP contribution in [0, 0.1) is 0 Å². The van der Waals surface area contributed by atoms with Crippen molar-refractivity contribution < 1.29 is 23.9 Å². The fourth-order valence-corrected chi connectivity index (χ4v) is 2.54. The van der Waals surface area contributed by atoms with Gasteiger partial charge in [0.25, 0.3) is 5.89 Å². The molecule has 0 aliphatic heterocycles. The van der Waals surface area contributed by atoms with Gasteiger partial charge < -0.3 is 19.1 Å². The normalized spacial score (nSPS) is 11.5. The number of nitrogens with zero attached hydrogens (tertiary/aromatic N) is 2. The summed E-state index contributed by atoms with van der Waals surface area (Å²) in [6.07, 6.45) is 0. The number of hydrogen-bond acceptors (Lipinski definition) is 6. The van der Waals surface area contributed by atoms with E-state index in [0.29, 0.717) is 29.1 Å². The van der Waals surface area contributed by atoms with Gasteiger partial charge >= 0.3 is 5.97 Å². The summed E-state index contributed by atoms with van der Waals surface area (Å²) in [5.41, 5.74) is 0.822. The van der Waals surface area contributed by atoms with E-state index in [0.717, 1.165) is 5.56 Å². The summed E-state index contributed by atoms with van der Waals surface area (Å²) in [4.78, 5) is 15.5. The van der Waals surface area contributed by atoms with Gasteiger partial charge in [0.05, 0.1) is 0 Å². The third kappa shape index (κ3) is 5.13. The van der Waals surface area contributed by atoms with E-state index in [1.54, 1.807) is 24.3 Å². The summed E-state index contributed by atoms with van der Waals surface area (Å²) < 4.78 is 16.4. The number of carbonyl (C=O) groups is 1. The maximum atomic E-state index is 11.1. The second kappa shape index (κ2) is 8.34. The van der Waals surface area contributed by atoms with Gasteiger partial charge in [-0.05, 0) is 49.6 Å². The van der Waals surface area contributed by atoms with E-state index in [1.807, 2.05) is 12.1 Å². The van der Waals surface area contributed by atoms with Crippen LogP contribution in [0.1, 0.15) is 45.1 Å². The molecular formula is C22H24N2O5. The Morgan fingerprint density at radius 2 is 1.69 bits per heavy atom. The zero-order chi connectivity index (χ0) is 21.0. The largest absolute Gasteiger partial charge is 0.484 e. The predicted octanol–water partition coefficient (Wildman–Crippen LogP) is 4.68. The fraction of sp³-hybridized carbons (Fsp3) is 0.318. The number of carboxylic acid groups (broad SMARTS) is 1. The monoisotopic (exact) mass is 396 g/mol. The first-order chi connectivity index (χ1) is 13.7. The molecule has 3 rings (SSSR count). The molecule has 0 saturated heterocycles. The van der Waals surface area contributed by atoms with Gasteiger partial charge in [-0.15, -0.1) is 0 Å². The summed E-state index contributed by atoms with van der Waals surface area (Å²) in [6.45, 7) is 7.39. The second-order valence-electron chi connectivity index (χ2n) is 7.47. The van der Waals surface area contributed by atoms with Crippen molar-refractivity contribution >= 4 is 5.97 Å². The van der Waals surface area contributed by atoms with Gasteiger partial charge in [-0.3, -0.25) is 0 Å². The first-order valence-electron chi connectivity index (χ1n) is 9.33. The quantitative estimate of drug-likeness (QED) is 0.590. The standard InChI is InChI=1S/C22H24N2O5/c1-14(2)15-5-7-16(8-6-15)20-23-19(29-24-20)13-27-17-9-11-18(12-10-17)28-22(3,4)21(25)26/h5-12,14H,13H2,1-4H3,(H,25,26). The smallest absolute Gasteiger partial charge is 0.347 e. The van der Waals surface area contributed by atoms with Crippen LogP contribution in [0.25, 0.3) is 11.4 Å². The van der Waals surface area contributed by atoms with Crippen LogP contribution in [0.4, 0.5) is 0 Å². The number of ether oxygens (including phenoxy) is 2. The van der Waals surface area contributed by atoms with Crippen molar-refractivity contribution in [3.63, 3.8) is 0 Å². The van der Waals surface area contributed by atoms with Crippen LogP contribution in [-0.4, -0.2) is 26.8 Å². The molecule has 0 amide bonds. The number of hydrogen-bond donors (Lipinski definition) is 1. The molecule has 29 heavy (non-hydrogen) atoms. The molecule has 0 fully saturated rings. The number of aromatic nitrogens is 2. The van der Waals surface area contributed by atoms with Crippen molar-refractivity contribution in [2.45, 2.75) is 45.8 Å². The van der Waals surface area contributed by atoms with Crippen molar-refractivity contribution in [1.82, 2.24) is 10.1 Å². The van der Waals surface area contributed by atoms with Crippen molar-refractivity contribution in [3.8, 4) is 22.9 Å². The molecule has 1 aromatic heterocycles. The summed E-state index contributed by atoms with van der Waals surface area (Å²) in [6, 6.07) is 14.7. The molecule has 0 atom stereocenters. The zero-order valence-corrected chi connectivity index (χ0v) is 16.9. The summed E-state index contributed by atoms with van der Waals surface area (Å²) in [5, 5.41) is 13.1. The lowest BCUT2D eigenvalue weighted by atomic mass is 10.0. The molecule has 0 aliphatic carbocycles. The molecule has 2 aromatic carbocycles. The lowest BCUT2D eigenvalue weighted by Gasteiger charge is -2.21. The highest BCUT2D eigenvalue weighted by atomic mass is 16.5. The Balaban J connectivity index is 1.59. The molecule has 1 heterocycles. The van der Waals surface area contributed by atoms with Gasteiger partial charge in [-0.25, -0.2) is 4.79 Å². The molecule has 3 aromatic rings. The van der Waals surface area contributed by atoms with E-state index in [2.05, 4.69) is 36.1 Å². The maximum Gasteiger partial charge on any atom is 0.347 e.